The van der Waals surface area contributed by atoms with Gasteiger partial charge in [-0.1, -0.05) is 11.6 Å². The van der Waals surface area contributed by atoms with E-state index in [9.17, 15) is 4.39 Å². The van der Waals surface area contributed by atoms with Crippen molar-refractivity contribution < 1.29 is 4.39 Å². The summed E-state index contributed by atoms with van der Waals surface area (Å²) in [4.78, 5) is 0. The maximum atomic E-state index is 13.4. The first-order valence-electron chi connectivity index (χ1n) is 3.61. The highest BCUT2D eigenvalue weighted by Crippen LogP contribution is 2.32. The van der Waals surface area contributed by atoms with Crippen LogP contribution in [0.5, 0.6) is 0 Å². The van der Waals surface area contributed by atoms with Crippen LogP contribution in [0.25, 0.3) is 0 Å². The minimum atomic E-state index is -0.708. The molecule has 3 N–H and O–H groups in total. The van der Waals surface area contributed by atoms with Crippen molar-refractivity contribution >= 4 is 50.5 Å². The lowest BCUT2D eigenvalue weighted by atomic mass is 10.2. The Kier molecular flexibility index (Phi) is 3.85. The maximum absolute atomic E-state index is 13.4. The van der Waals surface area contributed by atoms with Gasteiger partial charge in [-0.3, -0.25) is 0 Å². The van der Waals surface area contributed by atoms with Gasteiger partial charge in [0.05, 0.1) is 15.2 Å². The number of nitriles is 1. The second-order valence-corrected chi connectivity index (χ2v) is 4.21. The molecular formula is C8H4BrClFN3S. The average molecular weight is 309 g/mol. The molecule has 0 aliphatic rings. The number of rotatable bonds is 1. The van der Waals surface area contributed by atoms with Gasteiger partial charge >= 0.3 is 0 Å². The van der Waals surface area contributed by atoms with Crippen molar-refractivity contribution in [2.45, 2.75) is 0 Å². The molecule has 0 bridgehead atoms. The normalized spacial score (nSPS) is 9.47. The van der Waals surface area contributed by atoms with E-state index in [1.807, 2.05) is 0 Å². The molecule has 1 rings (SSSR count). The van der Waals surface area contributed by atoms with E-state index >= 15 is 0 Å². The number of hydrogen-bond donors (Lipinski definition) is 2. The van der Waals surface area contributed by atoms with Crippen molar-refractivity contribution in [3.8, 4) is 6.07 Å². The van der Waals surface area contributed by atoms with E-state index in [0.717, 1.165) is 0 Å². The molecule has 7 heteroatoms. The molecule has 1 aromatic carbocycles. The number of hydrogen-bond acceptors (Lipinski definition) is 2. The van der Waals surface area contributed by atoms with E-state index in [1.165, 1.54) is 6.07 Å². The minimum absolute atomic E-state index is 0.0763. The number of nitrogens with zero attached hydrogens (tertiary/aromatic N) is 1. The van der Waals surface area contributed by atoms with Gasteiger partial charge in [-0.05, 0) is 34.2 Å². The van der Waals surface area contributed by atoms with Gasteiger partial charge in [0.25, 0.3) is 0 Å². The van der Waals surface area contributed by atoms with Crippen LogP contribution in [0.15, 0.2) is 10.5 Å². The topological polar surface area (TPSA) is 61.8 Å². The Balaban J connectivity index is 3.43. The Morgan fingerprint density at radius 1 is 1.73 bits per heavy atom. The molecule has 0 amide bonds. The fourth-order valence-electron chi connectivity index (χ4n) is 0.946. The molecule has 0 saturated heterocycles. The molecule has 0 heterocycles. The van der Waals surface area contributed by atoms with Crippen LogP contribution >= 0.6 is 39.7 Å². The Labute approximate surface area is 104 Å². The van der Waals surface area contributed by atoms with Crippen LogP contribution in [0.3, 0.4) is 0 Å². The maximum Gasteiger partial charge on any atom is 0.168 e. The number of halogens is 3. The first kappa shape index (κ1) is 12.2. The van der Waals surface area contributed by atoms with Gasteiger partial charge < -0.3 is 11.1 Å². The summed E-state index contributed by atoms with van der Waals surface area (Å²) in [5.74, 6) is -0.708. The van der Waals surface area contributed by atoms with E-state index in [-0.39, 0.29) is 25.9 Å². The second-order valence-electron chi connectivity index (χ2n) is 2.51. The van der Waals surface area contributed by atoms with Crippen molar-refractivity contribution in [1.29, 1.82) is 5.26 Å². The first-order valence-corrected chi connectivity index (χ1v) is 5.19. The molecule has 78 valence electrons. The SMILES string of the molecule is N#Cc1c(F)c(Br)cc(Cl)c1NC(N)=S. The summed E-state index contributed by atoms with van der Waals surface area (Å²) in [5, 5.41) is 11.3. The van der Waals surface area contributed by atoms with E-state index in [1.54, 1.807) is 6.07 Å². The third kappa shape index (κ3) is 2.56. The summed E-state index contributed by atoms with van der Waals surface area (Å²) in [5.41, 5.74) is 5.07. The molecule has 15 heavy (non-hydrogen) atoms. The van der Waals surface area contributed by atoms with Gasteiger partial charge in [-0.25, -0.2) is 4.39 Å². The standard InChI is InChI=1S/C8H4BrClFN3S/c9-4-1-5(10)7(14-8(13)15)3(2-12)6(4)11/h1H,(H3,13,14,15). The summed E-state index contributed by atoms with van der Waals surface area (Å²) in [6.07, 6.45) is 0. The lowest BCUT2D eigenvalue weighted by molar-refractivity contribution is 0.618. The Morgan fingerprint density at radius 2 is 2.33 bits per heavy atom. The zero-order chi connectivity index (χ0) is 11.6. The molecule has 0 fully saturated rings. The van der Waals surface area contributed by atoms with Crippen LogP contribution in [-0.2, 0) is 0 Å². The molecule has 0 atom stereocenters. The van der Waals surface area contributed by atoms with E-state index < -0.39 is 5.82 Å². The van der Waals surface area contributed by atoms with Crippen LogP contribution < -0.4 is 11.1 Å². The van der Waals surface area contributed by atoms with E-state index in [0.29, 0.717) is 0 Å². The summed E-state index contributed by atoms with van der Waals surface area (Å²) in [6, 6.07) is 3.00. The van der Waals surface area contributed by atoms with Gasteiger partial charge in [0.1, 0.15) is 11.6 Å². The number of anilines is 1. The Morgan fingerprint density at radius 3 is 2.80 bits per heavy atom. The van der Waals surface area contributed by atoms with Crippen molar-refractivity contribution in [3.05, 3.63) is 26.9 Å². The van der Waals surface area contributed by atoms with Crippen molar-refractivity contribution in [1.82, 2.24) is 0 Å². The van der Waals surface area contributed by atoms with Gasteiger partial charge in [-0.15, -0.1) is 0 Å². The first-order chi connectivity index (χ1) is 6.97. The highest BCUT2D eigenvalue weighted by Gasteiger charge is 2.16. The third-order valence-electron chi connectivity index (χ3n) is 1.53. The molecule has 0 aliphatic heterocycles. The van der Waals surface area contributed by atoms with Crippen LogP contribution in [0.1, 0.15) is 5.56 Å². The second kappa shape index (κ2) is 4.75. The summed E-state index contributed by atoms with van der Waals surface area (Å²) < 4.78 is 13.5. The Bertz CT molecular complexity index is 472. The summed E-state index contributed by atoms with van der Waals surface area (Å²) >= 11 is 13.3. The molecule has 0 spiro atoms. The van der Waals surface area contributed by atoms with Crippen LogP contribution in [0.2, 0.25) is 5.02 Å². The molecule has 0 radical (unpaired) electrons. The van der Waals surface area contributed by atoms with Crippen LogP contribution in [0.4, 0.5) is 10.1 Å². The van der Waals surface area contributed by atoms with E-state index in [2.05, 4.69) is 33.5 Å². The minimum Gasteiger partial charge on any atom is -0.376 e. The van der Waals surface area contributed by atoms with Crippen molar-refractivity contribution in [2.75, 3.05) is 5.32 Å². The van der Waals surface area contributed by atoms with Gasteiger partial charge in [-0.2, -0.15) is 5.26 Å². The highest BCUT2D eigenvalue weighted by molar-refractivity contribution is 9.10. The number of nitrogens with two attached hydrogens (primary N) is 1. The quantitative estimate of drug-likeness (QED) is 0.618. The summed E-state index contributed by atoms with van der Waals surface area (Å²) in [7, 11) is 0. The molecule has 0 aliphatic carbocycles. The molecule has 3 nitrogen and oxygen atoms in total. The zero-order valence-corrected chi connectivity index (χ0v) is 10.3. The number of nitrogens with one attached hydrogen (secondary N) is 1. The summed E-state index contributed by atoms with van der Waals surface area (Å²) in [6.45, 7) is 0. The molecule has 1 aromatic rings. The zero-order valence-electron chi connectivity index (χ0n) is 7.14. The lowest BCUT2D eigenvalue weighted by Gasteiger charge is -2.09. The van der Waals surface area contributed by atoms with Gasteiger partial charge in [0.15, 0.2) is 10.9 Å². The van der Waals surface area contributed by atoms with Gasteiger partial charge in [0.2, 0.25) is 0 Å². The van der Waals surface area contributed by atoms with Crippen molar-refractivity contribution in [2.24, 2.45) is 5.73 Å². The smallest absolute Gasteiger partial charge is 0.168 e. The van der Waals surface area contributed by atoms with Crippen LogP contribution in [-0.4, -0.2) is 5.11 Å². The monoisotopic (exact) mass is 307 g/mol. The molecular weight excluding hydrogens is 305 g/mol. The van der Waals surface area contributed by atoms with Crippen LogP contribution in [0, 0.1) is 17.1 Å². The Hall–Kier alpha value is -0.900. The van der Waals surface area contributed by atoms with Crippen molar-refractivity contribution in [3.63, 3.8) is 0 Å². The number of benzene rings is 1. The molecule has 0 unspecified atom stereocenters. The average Bonchev–Trinajstić information content (AvgIpc) is 2.14. The largest absolute Gasteiger partial charge is 0.376 e. The molecule has 0 aromatic heterocycles. The van der Waals surface area contributed by atoms with Gasteiger partial charge in [0, 0.05) is 0 Å². The highest BCUT2D eigenvalue weighted by atomic mass is 79.9. The lowest BCUT2D eigenvalue weighted by Crippen LogP contribution is -2.20. The molecule has 0 saturated carbocycles. The predicted octanol–water partition coefficient (Wildman–Crippen LogP) is 2.77. The van der Waals surface area contributed by atoms with E-state index in [4.69, 9.17) is 22.6 Å². The number of thiocarbonyl (C=S) groups is 1. The predicted molar refractivity (Wildman–Crippen MR) is 64.2 cm³/mol. The third-order valence-corrected chi connectivity index (χ3v) is 2.51. The fraction of sp³-hybridized carbons (Fsp3) is 0. The fourth-order valence-corrected chi connectivity index (χ4v) is 1.86.